The van der Waals surface area contributed by atoms with Gasteiger partial charge in [-0.15, -0.1) is 0 Å². The Bertz CT molecular complexity index is 1610. The number of esters is 3. The van der Waals surface area contributed by atoms with Crippen LogP contribution in [0.3, 0.4) is 0 Å². The topological polar surface area (TPSA) is 155 Å². The molecule has 12 heteroatoms. The zero-order chi connectivity index (χ0) is 54.1. The summed E-state index contributed by atoms with van der Waals surface area (Å²) in [6, 6.07) is 0. The molecule has 11 nitrogen and oxygen atoms in total. The molecule has 424 valence electrons. The molecule has 0 aliphatic rings. The predicted octanol–water partition coefficient (Wildman–Crippen LogP) is 17.3. The maximum atomic E-state index is 12.9. The van der Waals surface area contributed by atoms with Crippen molar-refractivity contribution >= 4 is 25.7 Å². The lowest BCUT2D eigenvalue weighted by Gasteiger charge is -2.21. The number of hydrogen-bond donors (Lipinski definition) is 2. The minimum absolute atomic E-state index is 0.0831. The van der Waals surface area contributed by atoms with Gasteiger partial charge in [0.05, 0.1) is 19.8 Å². The van der Waals surface area contributed by atoms with Crippen molar-refractivity contribution in [2.75, 3.05) is 26.4 Å². The van der Waals surface area contributed by atoms with Gasteiger partial charge >= 0.3 is 25.7 Å². The van der Waals surface area contributed by atoms with Crippen molar-refractivity contribution in [3.05, 3.63) is 97.2 Å². The summed E-state index contributed by atoms with van der Waals surface area (Å²) in [5, 5.41) is 9.79. The third kappa shape index (κ3) is 53.2. The van der Waals surface area contributed by atoms with Crippen LogP contribution in [0.2, 0.25) is 0 Å². The normalized spacial score (nSPS) is 14.1. The van der Waals surface area contributed by atoms with E-state index in [2.05, 4.69) is 106 Å². The van der Waals surface area contributed by atoms with E-state index in [-0.39, 0.29) is 25.9 Å². The van der Waals surface area contributed by atoms with Crippen LogP contribution in [0.15, 0.2) is 97.2 Å². The van der Waals surface area contributed by atoms with E-state index >= 15 is 0 Å². The summed E-state index contributed by atoms with van der Waals surface area (Å²) >= 11 is 0. The van der Waals surface area contributed by atoms with E-state index in [1.54, 1.807) is 0 Å². The van der Waals surface area contributed by atoms with Gasteiger partial charge in [-0.25, -0.2) is 4.57 Å². The summed E-state index contributed by atoms with van der Waals surface area (Å²) in [6.45, 7) is 4.41. The molecule has 0 saturated carbocycles. The lowest BCUT2D eigenvalue weighted by molar-refractivity contribution is -0.161. The van der Waals surface area contributed by atoms with Gasteiger partial charge in [-0.3, -0.25) is 23.4 Å². The Kier molecular flexibility index (Phi) is 52.9. The molecule has 0 aromatic carbocycles. The molecule has 0 fully saturated rings. The highest BCUT2D eigenvalue weighted by Gasteiger charge is 2.28. The number of aliphatic hydroxyl groups is 1. The Morgan fingerprint density at radius 2 is 0.716 bits per heavy atom. The molecule has 3 atom stereocenters. The van der Waals surface area contributed by atoms with Gasteiger partial charge in [-0.05, 0) is 96.3 Å². The second-order valence-electron chi connectivity index (χ2n) is 19.1. The Balaban J connectivity index is 4.83. The van der Waals surface area contributed by atoms with Crippen LogP contribution in [0, 0.1) is 0 Å². The first kappa shape index (κ1) is 70.4. The first-order chi connectivity index (χ1) is 36.2. The van der Waals surface area contributed by atoms with E-state index in [4.69, 9.17) is 23.3 Å². The molecule has 0 heterocycles. The lowest BCUT2D eigenvalue weighted by Crippen LogP contribution is -2.30. The van der Waals surface area contributed by atoms with Crippen LogP contribution in [0.1, 0.15) is 239 Å². The Morgan fingerprint density at radius 3 is 1.16 bits per heavy atom. The molecule has 0 aromatic heterocycles. The molecular formula is C62H105O11P. The van der Waals surface area contributed by atoms with Crippen molar-refractivity contribution in [2.45, 2.75) is 251 Å². The first-order valence-electron chi connectivity index (χ1n) is 29.1. The summed E-state index contributed by atoms with van der Waals surface area (Å²) in [7, 11) is -4.77. The highest BCUT2D eigenvalue weighted by atomic mass is 31.2. The van der Waals surface area contributed by atoms with Crippen molar-refractivity contribution in [3.63, 3.8) is 0 Å². The number of phosphoric ester groups is 1. The second-order valence-corrected chi connectivity index (χ2v) is 20.5. The molecule has 0 aliphatic carbocycles. The van der Waals surface area contributed by atoms with Gasteiger partial charge in [-0.1, -0.05) is 221 Å². The fraction of sp³-hybridized carbons (Fsp3) is 0.694. The van der Waals surface area contributed by atoms with E-state index in [0.717, 1.165) is 103 Å². The van der Waals surface area contributed by atoms with Crippen LogP contribution in [0.25, 0.3) is 0 Å². The smallest absolute Gasteiger partial charge is 0.462 e. The SMILES string of the molecule is CC/C=C\C/C=C\C/C=C\C/C=C\C/C=C\CCCC(=O)OC(COC(=O)CCCCCCCC/C=C\C/C=C\C/C=C\CCCCC)COP(=O)(O)OCC(CO)OC(=O)CCCCCCCCCCCCC. The van der Waals surface area contributed by atoms with E-state index in [9.17, 15) is 28.9 Å². The monoisotopic (exact) mass is 1060 g/mol. The summed E-state index contributed by atoms with van der Waals surface area (Å²) in [4.78, 5) is 48.5. The number of ether oxygens (including phenoxy) is 3. The van der Waals surface area contributed by atoms with Crippen LogP contribution < -0.4 is 0 Å². The van der Waals surface area contributed by atoms with Crippen molar-refractivity contribution in [2.24, 2.45) is 0 Å². The lowest BCUT2D eigenvalue weighted by atomic mass is 10.1. The predicted molar refractivity (Wildman–Crippen MR) is 307 cm³/mol. The Morgan fingerprint density at radius 1 is 0.392 bits per heavy atom. The number of unbranched alkanes of at least 4 members (excludes halogenated alkanes) is 20. The fourth-order valence-electron chi connectivity index (χ4n) is 7.57. The molecule has 3 unspecified atom stereocenters. The Labute approximate surface area is 451 Å². The Hall–Kier alpha value is -3.60. The van der Waals surface area contributed by atoms with Gasteiger partial charge in [0.25, 0.3) is 0 Å². The zero-order valence-electron chi connectivity index (χ0n) is 46.8. The molecule has 74 heavy (non-hydrogen) atoms. The van der Waals surface area contributed by atoms with Gasteiger partial charge in [0, 0.05) is 19.3 Å². The molecule has 0 spiro atoms. The average molecular weight is 1060 g/mol. The highest BCUT2D eigenvalue weighted by molar-refractivity contribution is 7.47. The molecule has 2 N–H and O–H groups in total. The standard InChI is InChI=1S/C62H105O11P/c1-4-7-10-13-16-19-22-24-26-28-29-31-32-34-37-39-42-45-48-51-60(64)69-55-59(73-62(66)53-50-47-44-41-38-35-33-30-27-25-23-20-17-14-11-8-5-2)57-71-74(67,68)70-56-58(54-63)72-61(65)52-49-46-43-40-36-21-18-15-12-9-6-3/h8,11,16-17,19-20,24-27,29,31,33,35,41,44,58-59,63H,4-7,9-10,12-15,18,21-23,28,30,32,34,36-40,42-43,45-57H2,1-3H3,(H,67,68)/b11-8-,19-16-,20-17-,26-24-,27-25-,31-29-,35-33-,44-41-. The second kappa shape index (κ2) is 55.6. The summed E-state index contributed by atoms with van der Waals surface area (Å²) in [5.41, 5.74) is 0. The van der Waals surface area contributed by atoms with Gasteiger partial charge in [0.2, 0.25) is 0 Å². The van der Waals surface area contributed by atoms with Crippen molar-refractivity contribution in [3.8, 4) is 0 Å². The fourth-order valence-corrected chi connectivity index (χ4v) is 8.36. The quantitative estimate of drug-likeness (QED) is 0.0197. The van der Waals surface area contributed by atoms with Crippen molar-refractivity contribution in [1.29, 1.82) is 0 Å². The number of carbonyl (C=O) groups is 3. The summed E-state index contributed by atoms with van der Waals surface area (Å²) in [6.07, 6.45) is 65.2. The number of carbonyl (C=O) groups excluding carboxylic acids is 3. The van der Waals surface area contributed by atoms with Crippen LogP contribution in [0.5, 0.6) is 0 Å². The number of hydrogen-bond acceptors (Lipinski definition) is 10. The van der Waals surface area contributed by atoms with Crippen LogP contribution in [0.4, 0.5) is 0 Å². The van der Waals surface area contributed by atoms with Crippen LogP contribution in [-0.2, 0) is 42.2 Å². The number of allylic oxidation sites excluding steroid dienone is 16. The maximum absolute atomic E-state index is 12.9. The van der Waals surface area contributed by atoms with Gasteiger partial charge in [0.1, 0.15) is 12.7 Å². The summed E-state index contributed by atoms with van der Waals surface area (Å²) < 4.78 is 39.4. The molecule has 0 radical (unpaired) electrons. The molecule has 0 aromatic rings. The number of aliphatic hydroxyl groups excluding tert-OH is 1. The third-order valence-electron chi connectivity index (χ3n) is 12.0. The molecule has 0 rings (SSSR count). The molecule has 0 amide bonds. The summed E-state index contributed by atoms with van der Waals surface area (Å²) in [5.74, 6) is -1.55. The number of rotatable bonds is 53. The average Bonchev–Trinajstić information content (AvgIpc) is 3.39. The maximum Gasteiger partial charge on any atom is 0.472 e. The first-order valence-corrected chi connectivity index (χ1v) is 30.6. The van der Waals surface area contributed by atoms with Gasteiger partial charge < -0.3 is 24.2 Å². The van der Waals surface area contributed by atoms with Crippen LogP contribution >= 0.6 is 7.82 Å². The zero-order valence-corrected chi connectivity index (χ0v) is 47.7. The van der Waals surface area contributed by atoms with Gasteiger partial charge in [0.15, 0.2) is 6.10 Å². The minimum Gasteiger partial charge on any atom is -0.462 e. The highest BCUT2D eigenvalue weighted by Crippen LogP contribution is 2.43. The van der Waals surface area contributed by atoms with E-state index in [0.29, 0.717) is 25.7 Å². The van der Waals surface area contributed by atoms with Gasteiger partial charge in [-0.2, -0.15) is 0 Å². The molecule has 0 bridgehead atoms. The molecular weight excluding hydrogens is 952 g/mol. The minimum atomic E-state index is -4.77. The van der Waals surface area contributed by atoms with E-state index in [1.807, 2.05) is 12.2 Å². The third-order valence-corrected chi connectivity index (χ3v) is 12.9. The van der Waals surface area contributed by atoms with Crippen molar-refractivity contribution in [1.82, 2.24) is 0 Å². The largest absolute Gasteiger partial charge is 0.472 e. The van der Waals surface area contributed by atoms with Crippen molar-refractivity contribution < 1.29 is 52.2 Å². The molecule has 0 aliphatic heterocycles. The molecule has 0 saturated heterocycles. The van der Waals surface area contributed by atoms with Crippen LogP contribution in [-0.4, -0.2) is 66.5 Å². The van der Waals surface area contributed by atoms with E-state index in [1.165, 1.54) is 70.6 Å². The van der Waals surface area contributed by atoms with E-state index < -0.39 is 57.8 Å². The number of phosphoric acid groups is 1.